The van der Waals surface area contributed by atoms with Crippen LogP contribution < -0.4 is 5.69 Å². The lowest BCUT2D eigenvalue weighted by Gasteiger charge is -2.03. The van der Waals surface area contributed by atoms with Crippen molar-refractivity contribution >= 4 is 22.5 Å². The number of H-pyrrole nitrogens is 1. The van der Waals surface area contributed by atoms with Gasteiger partial charge in [-0.05, 0) is 37.0 Å². The highest BCUT2D eigenvalue weighted by Gasteiger charge is 2.26. The molecule has 15 heavy (non-hydrogen) atoms. The van der Waals surface area contributed by atoms with Crippen LogP contribution in [0.25, 0.3) is 10.9 Å². The largest absolute Gasteiger partial charge is 0.345 e. The maximum atomic E-state index is 11.3. The molecule has 1 aromatic heterocycles. The smallest absolute Gasteiger partial charge is 0.309 e. The SMILES string of the molecule is O=c1nc2cc(Cl)ccc2c(C2CC2)[nH]1. The highest BCUT2D eigenvalue weighted by atomic mass is 35.5. The molecule has 76 valence electrons. The summed E-state index contributed by atoms with van der Waals surface area (Å²) in [7, 11) is 0. The van der Waals surface area contributed by atoms with Crippen LogP contribution in [-0.4, -0.2) is 9.97 Å². The third-order valence-corrected chi connectivity index (χ3v) is 2.93. The number of aromatic amines is 1. The molecule has 3 nitrogen and oxygen atoms in total. The van der Waals surface area contributed by atoms with Crippen LogP contribution in [0, 0.1) is 0 Å². The number of benzene rings is 1. The van der Waals surface area contributed by atoms with E-state index in [1.807, 2.05) is 12.1 Å². The lowest BCUT2D eigenvalue weighted by atomic mass is 10.1. The van der Waals surface area contributed by atoms with Crippen molar-refractivity contribution in [3.63, 3.8) is 0 Å². The van der Waals surface area contributed by atoms with E-state index in [9.17, 15) is 4.79 Å². The molecule has 1 aromatic carbocycles. The van der Waals surface area contributed by atoms with Crippen LogP contribution in [0.1, 0.15) is 24.5 Å². The maximum Gasteiger partial charge on any atom is 0.345 e. The molecular formula is C11H9ClN2O. The predicted molar refractivity (Wildman–Crippen MR) is 59.3 cm³/mol. The Morgan fingerprint density at radius 2 is 2.20 bits per heavy atom. The van der Waals surface area contributed by atoms with Gasteiger partial charge in [-0.3, -0.25) is 0 Å². The van der Waals surface area contributed by atoms with Gasteiger partial charge in [-0.15, -0.1) is 0 Å². The van der Waals surface area contributed by atoms with E-state index in [-0.39, 0.29) is 5.69 Å². The fourth-order valence-corrected chi connectivity index (χ4v) is 2.01. The molecule has 0 amide bonds. The molecule has 1 saturated carbocycles. The first-order chi connectivity index (χ1) is 7.24. The third-order valence-electron chi connectivity index (χ3n) is 2.70. The number of halogens is 1. The second-order valence-electron chi connectivity index (χ2n) is 3.89. The Hall–Kier alpha value is -1.35. The van der Waals surface area contributed by atoms with Crippen molar-refractivity contribution in [3.05, 3.63) is 39.4 Å². The molecule has 0 atom stereocenters. The molecule has 1 aliphatic rings. The summed E-state index contributed by atoms with van der Waals surface area (Å²) in [5.74, 6) is 0.504. The van der Waals surface area contributed by atoms with Crippen molar-refractivity contribution in [2.45, 2.75) is 18.8 Å². The van der Waals surface area contributed by atoms with Crippen LogP contribution in [0.3, 0.4) is 0 Å². The van der Waals surface area contributed by atoms with Crippen molar-refractivity contribution in [2.24, 2.45) is 0 Å². The Balaban J connectivity index is 2.38. The van der Waals surface area contributed by atoms with E-state index in [1.54, 1.807) is 6.07 Å². The monoisotopic (exact) mass is 220 g/mol. The molecule has 0 saturated heterocycles. The van der Waals surface area contributed by atoms with Gasteiger partial charge in [-0.2, -0.15) is 4.98 Å². The van der Waals surface area contributed by atoms with Crippen molar-refractivity contribution in [1.82, 2.24) is 9.97 Å². The van der Waals surface area contributed by atoms with E-state index < -0.39 is 0 Å². The number of hydrogen-bond acceptors (Lipinski definition) is 2. The number of nitrogens with zero attached hydrogens (tertiary/aromatic N) is 1. The average Bonchev–Trinajstić information content (AvgIpc) is 2.98. The average molecular weight is 221 g/mol. The van der Waals surface area contributed by atoms with Crippen molar-refractivity contribution < 1.29 is 0 Å². The molecule has 4 heteroatoms. The van der Waals surface area contributed by atoms with E-state index in [2.05, 4.69) is 9.97 Å². The predicted octanol–water partition coefficient (Wildman–Crippen LogP) is 2.45. The summed E-state index contributed by atoms with van der Waals surface area (Å²) >= 11 is 5.87. The maximum absolute atomic E-state index is 11.3. The summed E-state index contributed by atoms with van der Waals surface area (Å²) in [4.78, 5) is 18.1. The zero-order chi connectivity index (χ0) is 10.4. The number of rotatable bonds is 1. The lowest BCUT2D eigenvalue weighted by molar-refractivity contribution is 0.980. The van der Waals surface area contributed by atoms with Crippen molar-refractivity contribution in [3.8, 4) is 0 Å². The third kappa shape index (κ3) is 1.53. The molecule has 1 aliphatic carbocycles. The van der Waals surface area contributed by atoms with Crippen LogP contribution in [-0.2, 0) is 0 Å². The molecule has 0 bridgehead atoms. The van der Waals surface area contributed by atoms with Crippen molar-refractivity contribution in [2.75, 3.05) is 0 Å². The number of aromatic nitrogens is 2. The van der Waals surface area contributed by atoms with Gasteiger partial charge in [-0.1, -0.05) is 11.6 Å². The van der Waals surface area contributed by atoms with Gasteiger partial charge >= 0.3 is 5.69 Å². The quantitative estimate of drug-likeness (QED) is 0.803. The first kappa shape index (κ1) is 8.92. The zero-order valence-electron chi connectivity index (χ0n) is 7.96. The minimum absolute atomic E-state index is 0.285. The first-order valence-electron chi connectivity index (χ1n) is 4.93. The molecule has 2 aromatic rings. The molecular weight excluding hydrogens is 212 g/mol. The Bertz CT molecular complexity index is 587. The highest BCUT2D eigenvalue weighted by molar-refractivity contribution is 6.31. The lowest BCUT2D eigenvalue weighted by Crippen LogP contribution is -2.12. The number of hydrogen-bond donors (Lipinski definition) is 1. The topological polar surface area (TPSA) is 45.8 Å². The van der Waals surface area contributed by atoms with Crippen LogP contribution in [0.2, 0.25) is 5.02 Å². The zero-order valence-corrected chi connectivity index (χ0v) is 8.71. The summed E-state index contributed by atoms with van der Waals surface area (Å²) in [5, 5.41) is 1.63. The Kier molecular flexibility index (Phi) is 1.83. The standard InChI is InChI=1S/C11H9ClN2O/c12-7-3-4-8-9(5-7)13-11(15)14-10(8)6-1-2-6/h3-6H,1-2H2,(H,13,14,15). The summed E-state index contributed by atoms with van der Waals surface area (Å²) in [6, 6.07) is 5.49. The van der Waals surface area contributed by atoms with E-state index in [0.717, 1.165) is 23.9 Å². The molecule has 1 heterocycles. The fraction of sp³-hybridized carbons (Fsp3) is 0.273. The molecule has 0 spiro atoms. The summed E-state index contributed by atoms with van der Waals surface area (Å²) in [6.45, 7) is 0. The Morgan fingerprint density at radius 1 is 1.40 bits per heavy atom. The fourth-order valence-electron chi connectivity index (χ4n) is 1.84. The van der Waals surface area contributed by atoms with Gasteiger partial charge < -0.3 is 4.98 Å². The van der Waals surface area contributed by atoms with Gasteiger partial charge in [0.15, 0.2) is 0 Å². The van der Waals surface area contributed by atoms with Gasteiger partial charge in [0.2, 0.25) is 0 Å². The summed E-state index contributed by atoms with van der Waals surface area (Å²) in [6.07, 6.45) is 2.30. The molecule has 0 radical (unpaired) electrons. The second kappa shape index (κ2) is 3.07. The van der Waals surface area contributed by atoms with E-state index in [1.165, 1.54) is 0 Å². The first-order valence-corrected chi connectivity index (χ1v) is 5.31. The van der Waals surface area contributed by atoms with Crippen LogP contribution in [0.5, 0.6) is 0 Å². The van der Waals surface area contributed by atoms with Crippen LogP contribution >= 0.6 is 11.6 Å². The Morgan fingerprint density at radius 3 is 2.93 bits per heavy atom. The van der Waals surface area contributed by atoms with Gasteiger partial charge in [-0.25, -0.2) is 4.79 Å². The second-order valence-corrected chi connectivity index (χ2v) is 4.33. The van der Waals surface area contributed by atoms with E-state index in [0.29, 0.717) is 16.5 Å². The molecule has 1 fully saturated rings. The summed E-state index contributed by atoms with van der Waals surface area (Å²) < 4.78 is 0. The van der Waals surface area contributed by atoms with Crippen LogP contribution in [0.4, 0.5) is 0 Å². The number of nitrogens with one attached hydrogen (secondary N) is 1. The highest BCUT2D eigenvalue weighted by Crippen LogP contribution is 2.41. The Labute approximate surface area is 91.1 Å². The number of fused-ring (bicyclic) bond motifs is 1. The van der Waals surface area contributed by atoms with Gasteiger partial charge in [0.1, 0.15) is 0 Å². The van der Waals surface area contributed by atoms with Gasteiger partial charge in [0.25, 0.3) is 0 Å². The molecule has 0 aliphatic heterocycles. The summed E-state index contributed by atoms with van der Waals surface area (Å²) in [5.41, 5.74) is 1.42. The van der Waals surface area contributed by atoms with E-state index in [4.69, 9.17) is 11.6 Å². The molecule has 1 N–H and O–H groups in total. The van der Waals surface area contributed by atoms with Gasteiger partial charge in [0.05, 0.1) is 5.52 Å². The van der Waals surface area contributed by atoms with E-state index >= 15 is 0 Å². The minimum atomic E-state index is -0.285. The van der Waals surface area contributed by atoms with Crippen LogP contribution in [0.15, 0.2) is 23.0 Å². The molecule has 0 unspecified atom stereocenters. The van der Waals surface area contributed by atoms with Crippen molar-refractivity contribution in [1.29, 1.82) is 0 Å². The normalized spacial score (nSPS) is 15.8. The molecule has 3 rings (SSSR count). The minimum Gasteiger partial charge on any atom is -0.309 e. The van der Waals surface area contributed by atoms with Gasteiger partial charge in [0, 0.05) is 16.1 Å².